The number of benzene rings is 3. The summed E-state index contributed by atoms with van der Waals surface area (Å²) in [6.45, 7) is 5.32. The largest absolute Gasteiger partial charge is 0.511 e. The Kier molecular flexibility index (Phi) is 12.8. The zero-order valence-corrected chi connectivity index (χ0v) is 29.3. The van der Waals surface area contributed by atoms with Gasteiger partial charge in [-0.1, -0.05) is 90.4 Å². The fourth-order valence-corrected chi connectivity index (χ4v) is 5.45. The lowest BCUT2D eigenvalue weighted by molar-refractivity contribution is -0.497. The predicted molar refractivity (Wildman–Crippen MR) is 183 cm³/mol. The van der Waals surface area contributed by atoms with Gasteiger partial charge in [0.15, 0.2) is 10.8 Å². The molecule has 0 saturated heterocycles. The fraction of sp³-hybridized carbons (Fsp3) is 0.286. The van der Waals surface area contributed by atoms with E-state index in [-0.39, 0.29) is 47.4 Å². The molecule has 0 bridgehead atoms. The third-order valence-corrected chi connectivity index (χ3v) is 7.93. The third kappa shape index (κ3) is 9.42. The summed E-state index contributed by atoms with van der Waals surface area (Å²) in [4.78, 5) is 48.0. The van der Waals surface area contributed by atoms with E-state index in [0.29, 0.717) is 23.4 Å². The predicted octanol–water partition coefficient (Wildman–Crippen LogP) is 6.12. The maximum atomic E-state index is 13.2. The highest BCUT2D eigenvalue weighted by Gasteiger charge is 2.26. The lowest BCUT2D eigenvalue weighted by Crippen LogP contribution is -2.24. The summed E-state index contributed by atoms with van der Waals surface area (Å²) in [6.07, 6.45) is 0.117. The number of halogens is 1. The van der Waals surface area contributed by atoms with E-state index in [1.54, 1.807) is 23.6 Å². The van der Waals surface area contributed by atoms with Crippen LogP contribution < -0.4 is 0 Å². The van der Waals surface area contributed by atoms with E-state index in [4.69, 9.17) is 36.2 Å². The third-order valence-electron chi connectivity index (χ3n) is 7.67. The summed E-state index contributed by atoms with van der Waals surface area (Å²) in [6, 6.07) is 21.3. The van der Waals surface area contributed by atoms with Crippen molar-refractivity contribution in [2.75, 3.05) is 6.61 Å². The van der Waals surface area contributed by atoms with Crippen LogP contribution in [0.3, 0.4) is 0 Å². The molecule has 0 saturated carbocycles. The average molecular weight is 734 g/mol. The molecule has 2 aromatic heterocycles. The summed E-state index contributed by atoms with van der Waals surface area (Å²) < 4.78 is 16.8. The van der Waals surface area contributed by atoms with E-state index < -0.39 is 24.3 Å². The Bertz CT molecular complexity index is 2000. The van der Waals surface area contributed by atoms with Crippen molar-refractivity contribution in [3.05, 3.63) is 106 Å². The molecule has 2 N–H and O–H groups in total. The van der Waals surface area contributed by atoms with Crippen molar-refractivity contribution in [2.45, 2.75) is 59.5 Å². The second-order valence-electron chi connectivity index (χ2n) is 11.3. The van der Waals surface area contributed by atoms with Crippen molar-refractivity contribution >= 4 is 29.6 Å². The van der Waals surface area contributed by atoms with Crippen molar-refractivity contribution in [1.29, 1.82) is 0 Å². The molecule has 0 fully saturated rings. The molecule has 0 spiro atoms. The Morgan fingerprint density at radius 3 is 2.29 bits per heavy atom. The first-order chi connectivity index (χ1) is 25.1. The summed E-state index contributed by atoms with van der Waals surface area (Å²) in [5.74, 6) is -0.464. The van der Waals surface area contributed by atoms with Gasteiger partial charge in [-0.05, 0) is 52.9 Å². The van der Waals surface area contributed by atoms with Gasteiger partial charge >= 0.3 is 12.1 Å². The van der Waals surface area contributed by atoms with Crippen LogP contribution in [0.15, 0.2) is 72.8 Å². The lowest BCUT2D eigenvalue weighted by Gasteiger charge is -2.16. The number of esters is 1. The molecule has 5 aromatic rings. The minimum Gasteiger partial charge on any atom is -0.435 e. The number of unbranched alkanes of at least 4 members (excludes halogenated alkanes) is 1. The van der Waals surface area contributed by atoms with E-state index in [1.807, 2.05) is 55.5 Å². The molecule has 0 aliphatic heterocycles. The summed E-state index contributed by atoms with van der Waals surface area (Å²) in [5.41, 5.74) is 4.04. The zero-order chi connectivity index (χ0) is 37.2. The highest BCUT2D eigenvalue weighted by Crippen LogP contribution is 2.31. The first-order valence-corrected chi connectivity index (χ1v) is 16.7. The fourth-order valence-electron chi connectivity index (χ4n) is 5.18. The molecule has 0 aliphatic rings. The monoisotopic (exact) mass is 733 g/mol. The number of imidazole rings is 1. The SMILES string of the molecule is CCCCc1nc(Cl)c(C(=O)OC(C)OC(=O)OCC)n1Cc1ccc(-c2ccccc2-c2nnn(C(=O)c3ccc(CON(O)O)cc3)n2)cc1. The molecule has 1 unspecified atom stereocenters. The van der Waals surface area contributed by atoms with Gasteiger partial charge in [-0.3, -0.25) is 15.2 Å². The molecule has 272 valence electrons. The molecule has 5 rings (SSSR count). The number of nitrogens with zero attached hydrogens (tertiary/aromatic N) is 7. The molecule has 17 heteroatoms. The zero-order valence-electron chi connectivity index (χ0n) is 28.5. The Balaban J connectivity index is 1.34. The van der Waals surface area contributed by atoms with Crippen LogP contribution in [0.2, 0.25) is 5.15 Å². The lowest BCUT2D eigenvalue weighted by atomic mass is 9.98. The van der Waals surface area contributed by atoms with Gasteiger partial charge in [0, 0.05) is 31.0 Å². The van der Waals surface area contributed by atoms with Gasteiger partial charge in [0.25, 0.3) is 5.91 Å². The number of ether oxygens (including phenoxy) is 3. The topological polar surface area (TPSA) is 193 Å². The summed E-state index contributed by atoms with van der Waals surface area (Å²) in [7, 11) is 0. The molecular weight excluding hydrogens is 698 g/mol. The van der Waals surface area contributed by atoms with E-state index in [9.17, 15) is 14.4 Å². The number of hydrogen-bond donors (Lipinski definition) is 2. The number of carbonyl (C=O) groups is 3. The average Bonchev–Trinajstić information content (AvgIpc) is 3.74. The highest BCUT2D eigenvalue weighted by atomic mass is 35.5. The quantitative estimate of drug-likeness (QED) is 0.0709. The first kappa shape index (κ1) is 37.7. The molecule has 0 aliphatic carbocycles. The number of aryl methyl sites for hydroxylation is 1. The van der Waals surface area contributed by atoms with Crippen molar-refractivity contribution in [1.82, 2.24) is 35.1 Å². The van der Waals surface area contributed by atoms with Crippen LogP contribution in [0, 0.1) is 0 Å². The van der Waals surface area contributed by atoms with Crippen LogP contribution in [0.25, 0.3) is 22.5 Å². The molecule has 0 amide bonds. The van der Waals surface area contributed by atoms with Crippen molar-refractivity contribution in [2.24, 2.45) is 0 Å². The minimum atomic E-state index is -1.22. The van der Waals surface area contributed by atoms with Crippen LogP contribution in [0.5, 0.6) is 0 Å². The van der Waals surface area contributed by atoms with Gasteiger partial charge in [0.2, 0.25) is 12.1 Å². The van der Waals surface area contributed by atoms with Gasteiger partial charge in [-0.15, -0.1) is 10.2 Å². The Morgan fingerprint density at radius 1 is 0.923 bits per heavy atom. The van der Waals surface area contributed by atoms with Crippen molar-refractivity contribution in [3.8, 4) is 22.5 Å². The Hall–Kier alpha value is -5.52. The summed E-state index contributed by atoms with van der Waals surface area (Å²) in [5, 5.41) is 29.5. The summed E-state index contributed by atoms with van der Waals surface area (Å²) >= 11 is 6.47. The minimum absolute atomic E-state index is 0.0206. The maximum absolute atomic E-state index is 13.2. The van der Waals surface area contributed by atoms with Crippen molar-refractivity contribution < 1.29 is 43.8 Å². The molecule has 0 radical (unpaired) electrons. The number of rotatable bonds is 15. The molecule has 2 heterocycles. The highest BCUT2D eigenvalue weighted by molar-refractivity contribution is 6.32. The number of tetrazole rings is 1. The molecule has 52 heavy (non-hydrogen) atoms. The maximum Gasteiger partial charge on any atom is 0.511 e. The molecular formula is C35H36ClN7O9. The van der Waals surface area contributed by atoms with Crippen LogP contribution in [-0.4, -0.2) is 76.5 Å². The standard InChI is InChI=1S/C35H36ClN7O9/c1-4-6-11-29-37-31(36)30(34(45)51-22(3)52-35(46)49-5-2)41(29)20-23-12-16-25(17-13-23)27-9-7-8-10-28(27)32-38-40-42(39-32)33(44)26-18-14-24(15-19-26)21-50-43(47)48/h7-10,12-19,22,47-48H,4-6,11,20-21H2,1-3H3. The van der Waals surface area contributed by atoms with Gasteiger partial charge < -0.3 is 18.8 Å². The van der Waals surface area contributed by atoms with Crippen LogP contribution in [0.4, 0.5) is 4.79 Å². The second kappa shape index (κ2) is 17.6. The van der Waals surface area contributed by atoms with Gasteiger partial charge in [-0.2, -0.15) is 0 Å². The van der Waals surface area contributed by atoms with Gasteiger partial charge in [0.1, 0.15) is 5.82 Å². The molecule has 1 atom stereocenters. The normalized spacial score (nSPS) is 11.8. The molecule has 16 nitrogen and oxygen atoms in total. The van der Waals surface area contributed by atoms with E-state index in [1.165, 1.54) is 19.1 Å². The van der Waals surface area contributed by atoms with E-state index >= 15 is 0 Å². The number of aromatic nitrogens is 6. The Morgan fingerprint density at radius 2 is 1.62 bits per heavy atom. The molecule has 3 aromatic carbocycles. The smallest absolute Gasteiger partial charge is 0.435 e. The van der Waals surface area contributed by atoms with E-state index in [2.05, 4.69) is 25.2 Å². The van der Waals surface area contributed by atoms with Crippen LogP contribution in [0.1, 0.15) is 71.4 Å². The van der Waals surface area contributed by atoms with Crippen LogP contribution >= 0.6 is 11.6 Å². The number of hydrogen-bond acceptors (Lipinski definition) is 14. The van der Waals surface area contributed by atoms with Crippen LogP contribution in [-0.2, 0) is 38.6 Å². The van der Waals surface area contributed by atoms with Gasteiger partial charge in [0.05, 0.1) is 18.6 Å². The number of carbonyl (C=O) groups excluding carboxylic acids is 3. The second-order valence-corrected chi connectivity index (χ2v) is 11.7. The first-order valence-electron chi connectivity index (χ1n) is 16.3. The van der Waals surface area contributed by atoms with Gasteiger partial charge in [-0.25, -0.2) is 19.4 Å². The Labute approximate surface area is 302 Å². The van der Waals surface area contributed by atoms with Crippen molar-refractivity contribution in [3.63, 3.8) is 0 Å². The van der Waals surface area contributed by atoms with E-state index in [0.717, 1.165) is 34.3 Å².